The number of aromatic nitrogens is 5. The van der Waals surface area contributed by atoms with E-state index in [0.717, 1.165) is 28.1 Å². The van der Waals surface area contributed by atoms with Crippen LogP contribution >= 0.6 is 0 Å². The number of pyridine rings is 1. The topological polar surface area (TPSA) is 109 Å². The number of nitriles is 1. The van der Waals surface area contributed by atoms with Gasteiger partial charge in [-0.15, -0.1) is 0 Å². The third-order valence-electron chi connectivity index (χ3n) is 3.99. The van der Waals surface area contributed by atoms with E-state index in [2.05, 4.69) is 26.3 Å². The maximum atomic E-state index is 9.49. The van der Waals surface area contributed by atoms with Crippen molar-refractivity contribution in [2.24, 2.45) is 0 Å². The molecule has 3 N–H and O–H groups in total. The molecule has 0 saturated carbocycles. The Morgan fingerprint density at radius 1 is 1.33 bits per heavy atom. The van der Waals surface area contributed by atoms with Crippen molar-refractivity contribution in [3.8, 4) is 28.5 Å². The Kier molecular flexibility index (Phi) is 3.81. The van der Waals surface area contributed by atoms with Gasteiger partial charge in [0, 0.05) is 34.6 Å². The second-order valence-corrected chi connectivity index (χ2v) is 6.04. The molecule has 0 aromatic carbocycles. The minimum atomic E-state index is 0.210. The van der Waals surface area contributed by atoms with E-state index in [1.54, 1.807) is 6.20 Å². The Hall–Kier alpha value is -3.14. The van der Waals surface area contributed by atoms with E-state index < -0.39 is 0 Å². The summed E-state index contributed by atoms with van der Waals surface area (Å²) in [5, 5.41) is 21.0. The van der Waals surface area contributed by atoms with Gasteiger partial charge in [0.1, 0.15) is 17.5 Å². The van der Waals surface area contributed by atoms with Gasteiger partial charge in [0.15, 0.2) is 0 Å². The summed E-state index contributed by atoms with van der Waals surface area (Å²) in [6, 6.07) is 4.27. The smallest absolute Gasteiger partial charge is 0.142 e. The van der Waals surface area contributed by atoms with Crippen LogP contribution in [0.1, 0.15) is 36.8 Å². The molecule has 7 heteroatoms. The molecule has 0 amide bonds. The zero-order valence-electron chi connectivity index (χ0n) is 14.1. The fraction of sp³-hybridized carbons (Fsp3) is 0.294. The van der Waals surface area contributed by atoms with Gasteiger partial charge in [0.2, 0.25) is 0 Å². The van der Waals surface area contributed by atoms with Crippen molar-refractivity contribution < 1.29 is 0 Å². The molecule has 0 spiro atoms. The molecule has 0 fully saturated rings. The molecule has 3 aromatic heterocycles. The van der Waals surface area contributed by atoms with Gasteiger partial charge in [-0.1, -0.05) is 0 Å². The molecule has 0 radical (unpaired) electrons. The van der Waals surface area contributed by atoms with Gasteiger partial charge >= 0.3 is 0 Å². The van der Waals surface area contributed by atoms with E-state index in [1.165, 1.54) is 0 Å². The first-order valence-electron chi connectivity index (χ1n) is 7.69. The Morgan fingerprint density at radius 2 is 2.08 bits per heavy atom. The molecule has 0 atom stereocenters. The van der Waals surface area contributed by atoms with Gasteiger partial charge < -0.3 is 5.73 Å². The quantitative estimate of drug-likeness (QED) is 0.770. The van der Waals surface area contributed by atoms with Gasteiger partial charge in [-0.05, 0) is 33.8 Å². The van der Waals surface area contributed by atoms with Crippen LogP contribution in [0.25, 0.3) is 22.4 Å². The fourth-order valence-electron chi connectivity index (χ4n) is 2.73. The van der Waals surface area contributed by atoms with Crippen LogP contribution in [0.3, 0.4) is 0 Å². The lowest BCUT2D eigenvalue weighted by molar-refractivity contribution is 0.532. The molecule has 0 unspecified atom stereocenters. The summed E-state index contributed by atoms with van der Waals surface area (Å²) < 4.78 is 1.85. The van der Waals surface area contributed by atoms with Crippen molar-refractivity contribution in [1.82, 2.24) is 25.0 Å². The highest BCUT2D eigenvalue weighted by molar-refractivity contribution is 5.80. The van der Waals surface area contributed by atoms with Crippen molar-refractivity contribution in [1.29, 1.82) is 5.26 Å². The normalized spacial score (nSPS) is 11.0. The summed E-state index contributed by atoms with van der Waals surface area (Å²) >= 11 is 0. The highest BCUT2D eigenvalue weighted by Gasteiger charge is 2.18. The summed E-state index contributed by atoms with van der Waals surface area (Å²) in [4.78, 5) is 4.40. The first-order chi connectivity index (χ1) is 11.4. The molecule has 0 aliphatic rings. The minimum Gasteiger partial charge on any atom is -0.383 e. The number of nitrogens with zero attached hydrogens (tertiary/aromatic N) is 5. The lowest BCUT2D eigenvalue weighted by Crippen LogP contribution is -2.01. The van der Waals surface area contributed by atoms with Crippen molar-refractivity contribution in [2.45, 2.75) is 33.7 Å². The average Bonchev–Trinajstić information content (AvgIpc) is 3.14. The second kappa shape index (κ2) is 5.81. The predicted octanol–water partition coefficient (Wildman–Crippen LogP) is 2.99. The molecule has 3 aromatic rings. The Balaban J connectivity index is 2.23. The summed E-state index contributed by atoms with van der Waals surface area (Å²) in [6.45, 7) is 7.94. The predicted molar refractivity (Wildman–Crippen MR) is 92.0 cm³/mol. The largest absolute Gasteiger partial charge is 0.383 e. The molecule has 0 bridgehead atoms. The summed E-state index contributed by atoms with van der Waals surface area (Å²) in [7, 11) is 0. The van der Waals surface area contributed by atoms with Crippen LogP contribution < -0.4 is 5.73 Å². The molecular weight excluding hydrogens is 302 g/mol. The molecule has 0 aliphatic heterocycles. The van der Waals surface area contributed by atoms with Gasteiger partial charge in [-0.2, -0.15) is 15.5 Å². The molecule has 0 saturated heterocycles. The number of nitrogen functional groups attached to an aromatic ring is 1. The number of nitrogens with two attached hydrogens (primary N) is 1. The van der Waals surface area contributed by atoms with Crippen LogP contribution in [0.5, 0.6) is 0 Å². The van der Waals surface area contributed by atoms with Crippen LogP contribution in [-0.2, 0) is 0 Å². The maximum Gasteiger partial charge on any atom is 0.142 e. The third kappa shape index (κ3) is 2.52. The van der Waals surface area contributed by atoms with Crippen LogP contribution in [0.4, 0.5) is 5.82 Å². The number of H-pyrrole nitrogens is 1. The SMILES string of the molecule is Cc1n[nH]c(C)c1-c1cc(-c2cnn(C(C)C)c2)c(C#N)c(N)n1. The molecule has 122 valence electrons. The number of nitrogens with one attached hydrogen (secondary N) is 1. The van der Waals surface area contributed by atoms with E-state index in [4.69, 9.17) is 5.73 Å². The number of rotatable bonds is 3. The van der Waals surface area contributed by atoms with Crippen LogP contribution in [0, 0.1) is 25.2 Å². The average molecular weight is 321 g/mol. The van der Waals surface area contributed by atoms with Crippen molar-refractivity contribution in [2.75, 3.05) is 5.73 Å². The zero-order chi connectivity index (χ0) is 17.4. The Bertz CT molecular complexity index is 921. The monoisotopic (exact) mass is 321 g/mol. The van der Waals surface area contributed by atoms with Crippen molar-refractivity contribution >= 4 is 5.82 Å². The number of hydrogen-bond acceptors (Lipinski definition) is 5. The van der Waals surface area contributed by atoms with E-state index in [1.807, 2.05) is 44.6 Å². The van der Waals surface area contributed by atoms with E-state index in [9.17, 15) is 5.26 Å². The molecule has 0 aliphatic carbocycles. The second-order valence-electron chi connectivity index (χ2n) is 6.04. The number of anilines is 1. The highest BCUT2D eigenvalue weighted by atomic mass is 15.3. The lowest BCUT2D eigenvalue weighted by atomic mass is 10.00. The van der Waals surface area contributed by atoms with Gasteiger partial charge in [-0.25, -0.2) is 4.98 Å². The summed E-state index contributed by atoms with van der Waals surface area (Å²) in [5.74, 6) is 0.210. The molecular formula is C17H19N7. The Morgan fingerprint density at radius 3 is 2.62 bits per heavy atom. The van der Waals surface area contributed by atoms with Crippen LogP contribution in [-0.4, -0.2) is 25.0 Å². The number of aryl methyl sites for hydroxylation is 2. The maximum absolute atomic E-state index is 9.49. The molecule has 3 heterocycles. The van der Waals surface area contributed by atoms with Crippen LogP contribution in [0.15, 0.2) is 18.5 Å². The van der Waals surface area contributed by atoms with Crippen LogP contribution in [0.2, 0.25) is 0 Å². The standard InChI is InChI=1S/C17H19N7/c1-9(2)24-8-12(7-20-24)13-5-15(21-17(19)14(13)6-18)16-10(3)22-23-11(16)4/h5,7-9H,1-4H3,(H2,19,21)(H,22,23). The number of hydrogen-bond donors (Lipinski definition) is 2. The number of aromatic amines is 1. The van der Waals surface area contributed by atoms with Gasteiger partial charge in [-0.3, -0.25) is 9.78 Å². The summed E-state index contributed by atoms with van der Waals surface area (Å²) in [6.07, 6.45) is 3.66. The molecule has 24 heavy (non-hydrogen) atoms. The molecule has 7 nitrogen and oxygen atoms in total. The van der Waals surface area contributed by atoms with Gasteiger partial charge in [0.25, 0.3) is 0 Å². The zero-order valence-corrected chi connectivity index (χ0v) is 14.1. The highest BCUT2D eigenvalue weighted by Crippen LogP contribution is 2.33. The van der Waals surface area contributed by atoms with Gasteiger partial charge in [0.05, 0.1) is 17.6 Å². The minimum absolute atomic E-state index is 0.210. The first kappa shape index (κ1) is 15.7. The van der Waals surface area contributed by atoms with Crippen molar-refractivity contribution in [3.63, 3.8) is 0 Å². The summed E-state index contributed by atoms with van der Waals surface area (Å²) in [5.41, 5.74) is 11.3. The Labute approximate surface area is 140 Å². The van der Waals surface area contributed by atoms with E-state index in [0.29, 0.717) is 11.3 Å². The third-order valence-corrected chi connectivity index (χ3v) is 3.99. The fourth-order valence-corrected chi connectivity index (χ4v) is 2.73. The molecule has 3 rings (SSSR count). The van der Waals surface area contributed by atoms with Crippen molar-refractivity contribution in [3.05, 3.63) is 35.4 Å². The lowest BCUT2D eigenvalue weighted by Gasteiger charge is -2.09. The van der Waals surface area contributed by atoms with E-state index >= 15 is 0 Å². The van der Waals surface area contributed by atoms with E-state index in [-0.39, 0.29) is 11.9 Å². The first-order valence-corrected chi connectivity index (χ1v) is 7.69.